The number of hydrogen-bond acceptors (Lipinski definition) is 3. The van der Waals surface area contributed by atoms with Crippen LogP contribution in [0.2, 0.25) is 0 Å². The first-order valence-corrected chi connectivity index (χ1v) is 5.63. The maximum atomic E-state index is 9.23. The summed E-state index contributed by atoms with van der Waals surface area (Å²) in [6.07, 6.45) is 2.95. The Morgan fingerprint density at radius 3 is 2.75 bits per heavy atom. The van der Waals surface area contributed by atoms with Gasteiger partial charge in [0.15, 0.2) is 11.5 Å². The number of ether oxygens (including phenoxy) is 2. The molecule has 0 fully saturated rings. The number of aliphatic hydroxyl groups is 1. The fourth-order valence-electron chi connectivity index (χ4n) is 2.40. The average Bonchev–Trinajstić information content (AvgIpc) is 2.36. The molecule has 0 bridgehead atoms. The Morgan fingerprint density at radius 1 is 1.31 bits per heavy atom. The molecule has 1 aromatic rings. The second-order valence-electron chi connectivity index (χ2n) is 4.23. The second-order valence-corrected chi connectivity index (χ2v) is 4.23. The number of hydrogen-bond donors (Lipinski definition) is 1. The molecule has 0 spiro atoms. The summed E-state index contributed by atoms with van der Waals surface area (Å²) < 4.78 is 10.7. The minimum absolute atomic E-state index is 0.250. The van der Waals surface area contributed by atoms with E-state index in [1.807, 2.05) is 6.07 Å². The van der Waals surface area contributed by atoms with Crippen LogP contribution < -0.4 is 9.47 Å². The second kappa shape index (κ2) is 4.74. The van der Waals surface area contributed by atoms with E-state index in [9.17, 15) is 5.11 Å². The largest absolute Gasteiger partial charge is 0.493 e. The lowest BCUT2D eigenvalue weighted by Crippen LogP contribution is -2.18. The van der Waals surface area contributed by atoms with Crippen LogP contribution in [0.3, 0.4) is 0 Å². The van der Waals surface area contributed by atoms with Crippen molar-refractivity contribution >= 4 is 0 Å². The molecule has 0 saturated heterocycles. The lowest BCUT2D eigenvalue weighted by atomic mass is 9.83. The van der Waals surface area contributed by atoms with Crippen LogP contribution in [-0.2, 0) is 12.8 Å². The van der Waals surface area contributed by atoms with Gasteiger partial charge in [-0.15, -0.1) is 0 Å². The predicted octanol–water partition coefficient (Wildman–Crippen LogP) is 1.80. The van der Waals surface area contributed by atoms with Crippen molar-refractivity contribution in [3.05, 3.63) is 23.3 Å². The van der Waals surface area contributed by atoms with Crippen molar-refractivity contribution in [2.24, 2.45) is 5.92 Å². The third kappa shape index (κ3) is 1.87. The minimum atomic E-state index is 0.250. The van der Waals surface area contributed by atoms with E-state index in [0.717, 1.165) is 30.8 Å². The van der Waals surface area contributed by atoms with Gasteiger partial charge in [0.1, 0.15) is 0 Å². The van der Waals surface area contributed by atoms with Gasteiger partial charge in [0, 0.05) is 12.2 Å². The first-order valence-electron chi connectivity index (χ1n) is 5.63. The standard InChI is InChI=1S/C13H18O3/c1-15-12-6-5-10-4-3-9(8-14)7-11(10)13(12)16-2/h5-6,9,14H,3-4,7-8H2,1-2H3. The Labute approximate surface area is 96.0 Å². The summed E-state index contributed by atoms with van der Waals surface area (Å²) in [7, 11) is 3.32. The normalized spacial score (nSPS) is 19.1. The lowest BCUT2D eigenvalue weighted by Gasteiger charge is -2.25. The molecular weight excluding hydrogens is 204 g/mol. The van der Waals surface area contributed by atoms with Crippen molar-refractivity contribution < 1.29 is 14.6 Å². The molecule has 3 nitrogen and oxygen atoms in total. The maximum absolute atomic E-state index is 9.23. The molecule has 0 heterocycles. The Bertz CT molecular complexity index is 374. The maximum Gasteiger partial charge on any atom is 0.164 e. The molecule has 16 heavy (non-hydrogen) atoms. The molecule has 1 atom stereocenters. The van der Waals surface area contributed by atoms with Gasteiger partial charge in [-0.2, -0.15) is 0 Å². The summed E-state index contributed by atoms with van der Waals surface area (Å²) in [5.41, 5.74) is 2.52. The number of rotatable bonds is 3. The lowest BCUT2D eigenvalue weighted by molar-refractivity contribution is 0.211. The van der Waals surface area contributed by atoms with Crippen LogP contribution in [0.1, 0.15) is 17.5 Å². The molecule has 1 aliphatic rings. The van der Waals surface area contributed by atoms with Crippen molar-refractivity contribution in [2.45, 2.75) is 19.3 Å². The summed E-state index contributed by atoms with van der Waals surface area (Å²) >= 11 is 0. The molecule has 0 aromatic heterocycles. The zero-order valence-electron chi connectivity index (χ0n) is 9.82. The first kappa shape index (κ1) is 11.3. The van der Waals surface area contributed by atoms with E-state index in [4.69, 9.17) is 9.47 Å². The van der Waals surface area contributed by atoms with Crippen LogP contribution in [0.15, 0.2) is 12.1 Å². The Hall–Kier alpha value is -1.22. The molecule has 0 saturated carbocycles. The highest BCUT2D eigenvalue weighted by molar-refractivity contribution is 5.51. The predicted molar refractivity (Wildman–Crippen MR) is 62.1 cm³/mol. The summed E-state index contributed by atoms with van der Waals surface area (Å²) in [5, 5.41) is 9.23. The van der Waals surface area contributed by atoms with Crippen LogP contribution in [0.25, 0.3) is 0 Å². The van der Waals surface area contributed by atoms with Crippen LogP contribution >= 0.6 is 0 Å². The van der Waals surface area contributed by atoms with Gasteiger partial charge >= 0.3 is 0 Å². The van der Waals surface area contributed by atoms with E-state index in [0.29, 0.717) is 5.92 Å². The van der Waals surface area contributed by atoms with Gasteiger partial charge in [0.25, 0.3) is 0 Å². The summed E-state index contributed by atoms with van der Waals surface area (Å²) in [6.45, 7) is 0.250. The first-order chi connectivity index (χ1) is 7.80. The Morgan fingerprint density at radius 2 is 2.12 bits per heavy atom. The minimum Gasteiger partial charge on any atom is -0.493 e. The number of fused-ring (bicyclic) bond motifs is 1. The quantitative estimate of drug-likeness (QED) is 0.847. The number of aryl methyl sites for hydroxylation is 1. The molecule has 1 unspecified atom stereocenters. The summed E-state index contributed by atoms with van der Waals surface area (Å²) in [4.78, 5) is 0. The Kier molecular flexibility index (Phi) is 3.34. The number of benzene rings is 1. The fourth-order valence-corrected chi connectivity index (χ4v) is 2.40. The highest BCUT2D eigenvalue weighted by atomic mass is 16.5. The van der Waals surface area contributed by atoms with E-state index in [1.165, 1.54) is 11.1 Å². The fraction of sp³-hybridized carbons (Fsp3) is 0.538. The molecular formula is C13H18O3. The van der Waals surface area contributed by atoms with Gasteiger partial charge in [0.2, 0.25) is 0 Å². The molecule has 88 valence electrons. The van der Waals surface area contributed by atoms with E-state index in [-0.39, 0.29) is 6.61 Å². The smallest absolute Gasteiger partial charge is 0.164 e. The van der Waals surface area contributed by atoms with Gasteiger partial charge in [-0.1, -0.05) is 6.07 Å². The average molecular weight is 222 g/mol. The van der Waals surface area contributed by atoms with E-state index >= 15 is 0 Å². The van der Waals surface area contributed by atoms with Gasteiger partial charge in [-0.05, 0) is 36.8 Å². The van der Waals surface area contributed by atoms with Crippen molar-refractivity contribution in [3.8, 4) is 11.5 Å². The molecule has 2 rings (SSSR count). The molecule has 1 aromatic carbocycles. The zero-order valence-corrected chi connectivity index (χ0v) is 9.82. The van der Waals surface area contributed by atoms with Crippen molar-refractivity contribution in [1.82, 2.24) is 0 Å². The van der Waals surface area contributed by atoms with Crippen LogP contribution in [0, 0.1) is 5.92 Å². The van der Waals surface area contributed by atoms with Crippen molar-refractivity contribution in [2.75, 3.05) is 20.8 Å². The molecule has 1 aliphatic carbocycles. The van der Waals surface area contributed by atoms with Crippen LogP contribution in [0.4, 0.5) is 0 Å². The SMILES string of the molecule is COc1ccc2c(c1OC)CC(CO)CC2. The summed E-state index contributed by atoms with van der Waals surface area (Å²) in [5.74, 6) is 1.96. The van der Waals surface area contributed by atoms with Gasteiger partial charge in [-0.3, -0.25) is 0 Å². The number of aliphatic hydroxyl groups excluding tert-OH is 1. The molecule has 0 radical (unpaired) electrons. The van der Waals surface area contributed by atoms with E-state index < -0.39 is 0 Å². The topological polar surface area (TPSA) is 38.7 Å². The number of methoxy groups -OCH3 is 2. The van der Waals surface area contributed by atoms with Crippen molar-refractivity contribution in [1.29, 1.82) is 0 Å². The van der Waals surface area contributed by atoms with Crippen LogP contribution in [-0.4, -0.2) is 25.9 Å². The monoisotopic (exact) mass is 222 g/mol. The van der Waals surface area contributed by atoms with Gasteiger partial charge in [0.05, 0.1) is 14.2 Å². The Balaban J connectivity index is 2.41. The zero-order chi connectivity index (χ0) is 11.5. The summed E-state index contributed by atoms with van der Waals surface area (Å²) in [6, 6.07) is 4.06. The highest BCUT2D eigenvalue weighted by Gasteiger charge is 2.23. The van der Waals surface area contributed by atoms with E-state index in [1.54, 1.807) is 14.2 Å². The molecule has 3 heteroatoms. The van der Waals surface area contributed by atoms with Gasteiger partial charge < -0.3 is 14.6 Å². The van der Waals surface area contributed by atoms with Crippen LogP contribution in [0.5, 0.6) is 11.5 Å². The molecule has 0 amide bonds. The van der Waals surface area contributed by atoms with E-state index in [2.05, 4.69) is 6.07 Å². The third-order valence-corrected chi connectivity index (χ3v) is 3.32. The third-order valence-electron chi connectivity index (χ3n) is 3.32. The molecule has 1 N–H and O–H groups in total. The van der Waals surface area contributed by atoms with Crippen molar-refractivity contribution in [3.63, 3.8) is 0 Å². The van der Waals surface area contributed by atoms with Gasteiger partial charge in [-0.25, -0.2) is 0 Å². The molecule has 0 aliphatic heterocycles. The highest BCUT2D eigenvalue weighted by Crippen LogP contribution is 2.38.